The van der Waals surface area contributed by atoms with Gasteiger partial charge in [0.25, 0.3) is 0 Å². The number of thiazole rings is 1. The first-order valence-corrected chi connectivity index (χ1v) is 5.51. The van der Waals surface area contributed by atoms with E-state index < -0.39 is 5.97 Å². The highest BCUT2D eigenvalue weighted by Crippen LogP contribution is 2.23. The molecule has 0 aliphatic heterocycles. The number of carbonyl (C=O) groups is 1. The lowest BCUT2D eigenvalue weighted by Crippen LogP contribution is -2.00. The Hall–Kier alpha value is -1.95. The molecule has 0 radical (unpaired) electrons. The molecule has 4 nitrogen and oxygen atoms in total. The van der Waals surface area contributed by atoms with Gasteiger partial charge in [-0.25, -0.2) is 9.18 Å². The van der Waals surface area contributed by atoms with E-state index in [2.05, 4.69) is 9.72 Å². The average molecular weight is 253 g/mol. The number of H-pyrrole nitrogens is 1. The van der Waals surface area contributed by atoms with Crippen LogP contribution in [0.2, 0.25) is 0 Å². The Morgan fingerprint density at radius 2 is 2.00 bits per heavy atom. The number of carbonyl (C=O) groups excluding carboxylic acids is 1. The monoisotopic (exact) mass is 253 g/mol. The van der Waals surface area contributed by atoms with E-state index in [1.807, 2.05) is 0 Å². The second kappa shape index (κ2) is 4.50. The fourth-order valence-corrected chi connectivity index (χ4v) is 2.16. The van der Waals surface area contributed by atoms with Gasteiger partial charge < -0.3 is 9.72 Å². The summed E-state index contributed by atoms with van der Waals surface area (Å²) in [5.41, 5.74) is 0.914. The molecule has 0 amide bonds. The molecule has 0 atom stereocenters. The lowest BCUT2D eigenvalue weighted by Gasteiger charge is -2.01. The van der Waals surface area contributed by atoms with Crippen LogP contribution in [-0.2, 0) is 4.74 Å². The summed E-state index contributed by atoms with van der Waals surface area (Å²) in [6, 6.07) is 5.48. The second-order valence-corrected chi connectivity index (χ2v) is 4.20. The highest BCUT2D eigenvalue weighted by molar-refractivity contribution is 7.11. The van der Waals surface area contributed by atoms with Crippen molar-refractivity contribution < 1.29 is 13.9 Å². The molecule has 1 aromatic heterocycles. The van der Waals surface area contributed by atoms with Crippen LogP contribution in [-0.4, -0.2) is 18.1 Å². The third kappa shape index (κ3) is 2.26. The molecule has 1 aromatic carbocycles. The van der Waals surface area contributed by atoms with Gasteiger partial charge in [0, 0.05) is 0 Å². The second-order valence-electron chi connectivity index (χ2n) is 3.22. The van der Waals surface area contributed by atoms with E-state index >= 15 is 0 Å². The van der Waals surface area contributed by atoms with Gasteiger partial charge in [0.1, 0.15) is 10.7 Å². The topological polar surface area (TPSA) is 59.2 Å². The Morgan fingerprint density at radius 3 is 2.59 bits per heavy atom. The van der Waals surface area contributed by atoms with Crippen molar-refractivity contribution in [2.24, 2.45) is 0 Å². The predicted octanol–water partition coefficient (Wildman–Crippen LogP) is 2.03. The minimum atomic E-state index is -0.590. The van der Waals surface area contributed by atoms with E-state index in [-0.39, 0.29) is 15.6 Å². The zero-order chi connectivity index (χ0) is 12.4. The molecule has 0 aliphatic rings. The summed E-state index contributed by atoms with van der Waals surface area (Å²) in [5, 5.41) is 0. The van der Waals surface area contributed by atoms with E-state index in [4.69, 9.17) is 0 Å². The van der Waals surface area contributed by atoms with Crippen molar-refractivity contribution in [1.82, 2.24) is 4.98 Å². The molecule has 1 heterocycles. The maximum atomic E-state index is 12.8. The molecule has 0 bridgehead atoms. The number of hydrogen-bond donors (Lipinski definition) is 1. The summed E-state index contributed by atoms with van der Waals surface area (Å²) in [5.74, 6) is -0.974. The van der Waals surface area contributed by atoms with Crippen molar-refractivity contribution in [3.05, 3.63) is 44.6 Å². The fourth-order valence-electron chi connectivity index (χ4n) is 1.38. The SMILES string of the molecule is COC(=O)c1sc(=O)[nH]c1-c1ccc(F)cc1. The highest BCUT2D eigenvalue weighted by atomic mass is 32.1. The van der Waals surface area contributed by atoms with Crippen LogP contribution in [0.5, 0.6) is 0 Å². The molecule has 0 unspecified atom stereocenters. The molecular weight excluding hydrogens is 245 g/mol. The zero-order valence-corrected chi connectivity index (χ0v) is 9.64. The maximum Gasteiger partial charge on any atom is 0.350 e. The van der Waals surface area contributed by atoms with Crippen LogP contribution in [0.3, 0.4) is 0 Å². The van der Waals surface area contributed by atoms with Crippen molar-refractivity contribution in [1.29, 1.82) is 0 Å². The molecule has 0 saturated heterocycles. The van der Waals surface area contributed by atoms with E-state index in [0.717, 1.165) is 11.3 Å². The van der Waals surface area contributed by atoms with Gasteiger partial charge in [-0.3, -0.25) is 4.79 Å². The number of halogens is 1. The first-order chi connectivity index (χ1) is 8.11. The first-order valence-electron chi connectivity index (χ1n) is 4.69. The standard InChI is InChI=1S/C11H8FNO3S/c1-16-10(14)9-8(13-11(15)17-9)6-2-4-7(12)5-3-6/h2-5H,1H3,(H,13,15). The molecular formula is C11H8FNO3S. The van der Waals surface area contributed by atoms with E-state index in [1.54, 1.807) is 0 Å². The van der Waals surface area contributed by atoms with Crippen molar-refractivity contribution in [3.8, 4) is 11.3 Å². The summed E-state index contributed by atoms with van der Waals surface area (Å²) in [6.07, 6.45) is 0. The van der Waals surface area contributed by atoms with Crippen LogP contribution in [0.1, 0.15) is 9.67 Å². The van der Waals surface area contributed by atoms with E-state index in [0.29, 0.717) is 11.3 Å². The fraction of sp³-hybridized carbons (Fsp3) is 0.0909. The number of nitrogens with one attached hydrogen (secondary N) is 1. The van der Waals surface area contributed by atoms with Crippen LogP contribution in [0, 0.1) is 5.82 Å². The van der Waals surface area contributed by atoms with Crippen molar-refractivity contribution in [2.75, 3.05) is 7.11 Å². The third-order valence-corrected chi connectivity index (χ3v) is 3.01. The van der Waals surface area contributed by atoms with Crippen molar-refractivity contribution in [2.45, 2.75) is 0 Å². The average Bonchev–Trinajstić information content (AvgIpc) is 2.71. The Labute approximate surface area is 99.7 Å². The van der Waals surface area contributed by atoms with E-state index in [9.17, 15) is 14.0 Å². The normalized spacial score (nSPS) is 10.2. The third-order valence-electron chi connectivity index (χ3n) is 2.15. The zero-order valence-electron chi connectivity index (χ0n) is 8.82. The van der Waals surface area contributed by atoms with Crippen LogP contribution >= 0.6 is 11.3 Å². The maximum absolute atomic E-state index is 12.8. The number of rotatable bonds is 2. The molecule has 88 valence electrons. The molecule has 1 N–H and O–H groups in total. The number of aromatic nitrogens is 1. The Morgan fingerprint density at radius 1 is 1.35 bits per heavy atom. The Balaban J connectivity index is 2.55. The van der Waals surface area contributed by atoms with Gasteiger partial charge >= 0.3 is 10.8 Å². The summed E-state index contributed by atoms with van der Waals surface area (Å²) in [4.78, 5) is 25.1. The number of ether oxygens (including phenoxy) is 1. The molecule has 0 saturated carbocycles. The lowest BCUT2D eigenvalue weighted by atomic mass is 10.1. The minimum Gasteiger partial charge on any atom is -0.465 e. The molecule has 0 aliphatic carbocycles. The van der Waals surface area contributed by atoms with Crippen LogP contribution in [0.15, 0.2) is 29.1 Å². The van der Waals surface area contributed by atoms with Gasteiger partial charge in [-0.1, -0.05) is 11.3 Å². The highest BCUT2D eigenvalue weighted by Gasteiger charge is 2.17. The van der Waals surface area contributed by atoms with Crippen LogP contribution in [0.25, 0.3) is 11.3 Å². The van der Waals surface area contributed by atoms with Gasteiger partial charge in [0.15, 0.2) is 0 Å². The summed E-state index contributed by atoms with van der Waals surface area (Å²) in [7, 11) is 1.24. The van der Waals surface area contributed by atoms with Gasteiger partial charge in [0.2, 0.25) is 0 Å². The largest absolute Gasteiger partial charge is 0.465 e. The number of methoxy groups -OCH3 is 1. The number of esters is 1. The molecule has 17 heavy (non-hydrogen) atoms. The summed E-state index contributed by atoms with van der Waals surface area (Å²) >= 11 is 0.767. The Kier molecular flexibility index (Phi) is 3.06. The quantitative estimate of drug-likeness (QED) is 0.833. The van der Waals surface area contributed by atoms with Gasteiger partial charge in [-0.15, -0.1) is 0 Å². The number of benzene rings is 1. The van der Waals surface area contributed by atoms with Crippen LogP contribution in [0.4, 0.5) is 4.39 Å². The van der Waals surface area contributed by atoms with Crippen molar-refractivity contribution in [3.63, 3.8) is 0 Å². The Bertz CT molecular complexity index is 600. The van der Waals surface area contributed by atoms with Crippen LogP contribution < -0.4 is 4.87 Å². The summed E-state index contributed by atoms with van der Waals surface area (Å²) < 4.78 is 17.3. The van der Waals surface area contributed by atoms with Gasteiger partial charge in [-0.2, -0.15) is 0 Å². The van der Waals surface area contributed by atoms with E-state index in [1.165, 1.54) is 31.4 Å². The minimum absolute atomic E-state index is 0.184. The number of hydrogen-bond acceptors (Lipinski definition) is 4. The predicted molar refractivity (Wildman–Crippen MR) is 61.7 cm³/mol. The molecule has 0 spiro atoms. The lowest BCUT2D eigenvalue weighted by molar-refractivity contribution is 0.0607. The van der Waals surface area contributed by atoms with Gasteiger partial charge in [0.05, 0.1) is 12.8 Å². The molecule has 2 rings (SSSR count). The van der Waals surface area contributed by atoms with Crippen molar-refractivity contribution >= 4 is 17.3 Å². The smallest absolute Gasteiger partial charge is 0.350 e. The molecule has 2 aromatic rings. The molecule has 6 heteroatoms. The van der Waals surface area contributed by atoms with Gasteiger partial charge in [-0.05, 0) is 29.8 Å². The number of aromatic amines is 1. The summed E-state index contributed by atoms with van der Waals surface area (Å²) in [6.45, 7) is 0. The first kappa shape index (κ1) is 11.5. The molecule has 0 fully saturated rings.